The third-order valence-corrected chi connectivity index (χ3v) is 5.74. The van der Waals surface area contributed by atoms with Crippen LogP contribution >= 0.6 is 0 Å². The Bertz CT molecular complexity index is 354. The molecular weight excluding hydrogens is 226 g/mol. The topological polar surface area (TPSA) is 66.4 Å². The second-order valence-corrected chi connectivity index (χ2v) is 7.23. The zero-order chi connectivity index (χ0) is 11.9. The fourth-order valence-corrected chi connectivity index (χ4v) is 3.77. The fraction of sp³-hybridized carbons (Fsp3) is 1.00. The molecule has 0 radical (unpaired) electrons. The average Bonchev–Trinajstić information content (AvgIpc) is 2.76. The van der Waals surface area contributed by atoms with E-state index >= 15 is 0 Å². The smallest absolute Gasteiger partial charge is 0.269 e. The molecule has 0 saturated heterocycles. The van der Waals surface area contributed by atoms with Gasteiger partial charge in [-0.2, -0.15) is 8.42 Å². The normalized spacial score (nSPS) is 37.6. The first-order valence-electron chi connectivity index (χ1n) is 6.10. The predicted octanol–water partition coefficient (Wildman–Crippen LogP) is 1.43. The van der Waals surface area contributed by atoms with Gasteiger partial charge < -0.3 is 5.32 Å². The largest absolute Gasteiger partial charge is 0.310 e. The highest BCUT2D eigenvalue weighted by Crippen LogP contribution is 2.44. The first-order chi connectivity index (χ1) is 7.38. The molecule has 5 unspecified atom stereocenters. The standard InChI is InChI=1S/C11H21NO3S/c1-7(8(2)16(13,14)15)12-11-6-9-3-4-10(11)5-9/h7-12H,3-6H2,1-2H3,(H,13,14,15). The Labute approximate surface area is 97.6 Å². The maximum absolute atomic E-state index is 11.0. The Balaban J connectivity index is 1.90. The molecule has 5 atom stereocenters. The summed E-state index contributed by atoms with van der Waals surface area (Å²) in [5, 5.41) is 2.65. The van der Waals surface area contributed by atoms with Gasteiger partial charge in [0.15, 0.2) is 0 Å². The summed E-state index contributed by atoms with van der Waals surface area (Å²) in [4.78, 5) is 0. The third kappa shape index (κ3) is 2.41. The second kappa shape index (κ2) is 4.27. The summed E-state index contributed by atoms with van der Waals surface area (Å²) in [5.74, 6) is 1.57. The lowest BCUT2D eigenvalue weighted by Gasteiger charge is -2.28. The van der Waals surface area contributed by atoms with Crippen LogP contribution in [0.5, 0.6) is 0 Å². The van der Waals surface area contributed by atoms with Crippen molar-refractivity contribution in [3.05, 3.63) is 0 Å². The zero-order valence-electron chi connectivity index (χ0n) is 9.89. The quantitative estimate of drug-likeness (QED) is 0.738. The van der Waals surface area contributed by atoms with Crippen LogP contribution in [0, 0.1) is 11.8 Å². The van der Waals surface area contributed by atoms with E-state index in [4.69, 9.17) is 4.55 Å². The van der Waals surface area contributed by atoms with Crippen molar-refractivity contribution in [1.82, 2.24) is 5.32 Å². The SMILES string of the molecule is CC(NC1CC2CCC1C2)C(C)S(=O)(=O)O. The Morgan fingerprint density at radius 1 is 1.25 bits per heavy atom. The van der Waals surface area contributed by atoms with Gasteiger partial charge in [-0.15, -0.1) is 0 Å². The van der Waals surface area contributed by atoms with Crippen molar-refractivity contribution < 1.29 is 13.0 Å². The lowest BCUT2D eigenvalue weighted by atomic mass is 9.94. The summed E-state index contributed by atoms with van der Waals surface area (Å²) < 4.78 is 31.0. The van der Waals surface area contributed by atoms with Crippen LogP contribution in [-0.2, 0) is 10.1 Å². The monoisotopic (exact) mass is 247 g/mol. The van der Waals surface area contributed by atoms with Crippen molar-refractivity contribution in [2.24, 2.45) is 11.8 Å². The predicted molar refractivity (Wildman–Crippen MR) is 62.8 cm³/mol. The van der Waals surface area contributed by atoms with Gasteiger partial charge in [-0.1, -0.05) is 6.42 Å². The van der Waals surface area contributed by atoms with E-state index in [1.54, 1.807) is 6.92 Å². The average molecular weight is 247 g/mol. The summed E-state index contributed by atoms with van der Waals surface area (Å²) in [7, 11) is -3.92. The first-order valence-corrected chi connectivity index (χ1v) is 7.60. The van der Waals surface area contributed by atoms with E-state index in [1.165, 1.54) is 25.7 Å². The summed E-state index contributed by atoms with van der Waals surface area (Å²) in [5.41, 5.74) is 0. The van der Waals surface area contributed by atoms with Crippen LogP contribution in [0.1, 0.15) is 39.5 Å². The molecule has 0 aromatic rings. The van der Waals surface area contributed by atoms with E-state index in [9.17, 15) is 8.42 Å². The van der Waals surface area contributed by atoms with Crippen LogP contribution in [0.15, 0.2) is 0 Å². The van der Waals surface area contributed by atoms with Crippen LogP contribution in [0.4, 0.5) is 0 Å². The highest BCUT2D eigenvalue weighted by molar-refractivity contribution is 7.86. The molecule has 0 heterocycles. The molecule has 16 heavy (non-hydrogen) atoms. The van der Waals surface area contributed by atoms with Gasteiger partial charge in [0, 0.05) is 12.1 Å². The molecule has 0 aromatic heterocycles. The van der Waals surface area contributed by atoms with Gasteiger partial charge in [0.1, 0.15) is 0 Å². The van der Waals surface area contributed by atoms with Crippen LogP contribution in [0.2, 0.25) is 0 Å². The molecule has 5 heteroatoms. The molecule has 2 saturated carbocycles. The van der Waals surface area contributed by atoms with Crippen LogP contribution < -0.4 is 5.32 Å². The molecule has 2 bridgehead atoms. The van der Waals surface area contributed by atoms with E-state index in [-0.39, 0.29) is 6.04 Å². The molecule has 2 N–H and O–H groups in total. The van der Waals surface area contributed by atoms with Crippen molar-refractivity contribution in [2.75, 3.05) is 0 Å². The van der Waals surface area contributed by atoms with Crippen LogP contribution in [0.3, 0.4) is 0 Å². The Morgan fingerprint density at radius 3 is 2.38 bits per heavy atom. The van der Waals surface area contributed by atoms with Gasteiger partial charge in [-0.25, -0.2) is 0 Å². The molecule has 0 aromatic carbocycles. The molecule has 4 nitrogen and oxygen atoms in total. The third-order valence-electron chi connectivity index (χ3n) is 4.39. The Hall–Kier alpha value is -0.130. The van der Waals surface area contributed by atoms with E-state index in [1.807, 2.05) is 6.92 Å². The maximum Gasteiger partial charge on any atom is 0.269 e. The van der Waals surface area contributed by atoms with Crippen molar-refractivity contribution >= 4 is 10.1 Å². The molecular formula is C11H21NO3S. The fourth-order valence-electron chi connectivity index (χ4n) is 3.18. The lowest BCUT2D eigenvalue weighted by molar-refractivity contribution is 0.317. The van der Waals surface area contributed by atoms with Gasteiger partial charge in [0.05, 0.1) is 5.25 Å². The van der Waals surface area contributed by atoms with Gasteiger partial charge in [-0.3, -0.25) is 4.55 Å². The highest BCUT2D eigenvalue weighted by atomic mass is 32.2. The van der Waals surface area contributed by atoms with E-state index in [0.717, 1.165) is 11.8 Å². The molecule has 2 fully saturated rings. The Morgan fingerprint density at radius 2 is 1.94 bits per heavy atom. The van der Waals surface area contributed by atoms with Gasteiger partial charge in [0.25, 0.3) is 10.1 Å². The van der Waals surface area contributed by atoms with E-state index in [0.29, 0.717) is 6.04 Å². The summed E-state index contributed by atoms with van der Waals surface area (Å²) >= 11 is 0. The molecule has 0 amide bonds. The lowest BCUT2D eigenvalue weighted by Crippen LogP contribution is -2.47. The van der Waals surface area contributed by atoms with Gasteiger partial charge >= 0.3 is 0 Å². The Kier molecular flexibility index (Phi) is 3.29. The van der Waals surface area contributed by atoms with Crippen molar-refractivity contribution in [3.63, 3.8) is 0 Å². The van der Waals surface area contributed by atoms with Crippen molar-refractivity contribution in [3.8, 4) is 0 Å². The number of fused-ring (bicyclic) bond motifs is 2. The number of rotatable bonds is 4. The van der Waals surface area contributed by atoms with Gasteiger partial charge in [-0.05, 0) is 44.9 Å². The van der Waals surface area contributed by atoms with E-state index in [2.05, 4.69) is 5.32 Å². The van der Waals surface area contributed by atoms with E-state index < -0.39 is 15.4 Å². The number of hydrogen-bond donors (Lipinski definition) is 2. The van der Waals surface area contributed by atoms with Crippen LogP contribution in [0.25, 0.3) is 0 Å². The summed E-state index contributed by atoms with van der Waals surface area (Å²) in [6, 6.07) is 0.275. The summed E-state index contributed by atoms with van der Waals surface area (Å²) in [6.45, 7) is 3.39. The number of nitrogens with one attached hydrogen (secondary N) is 1. The molecule has 2 aliphatic rings. The minimum Gasteiger partial charge on any atom is -0.310 e. The highest BCUT2D eigenvalue weighted by Gasteiger charge is 2.40. The maximum atomic E-state index is 11.0. The second-order valence-electron chi connectivity index (χ2n) is 5.46. The first kappa shape index (κ1) is 12.3. The molecule has 94 valence electrons. The van der Waals surface area contributed by atoms with Crippen LogP contribution in [-0.4, -0.2) is 30.3 Å². The minimum absolute atomic E-state index is 0.181. The zero-order valence-corrected chi connectivity index (χ0v) is 10.7. The van der Waals surface area contributed by atoms with Crippen molar-refractivity contribution in [2.45, 2.75) is 56.9 Å². The molecule has 0 aliphatic heterocycles. The van der Waals surface area contributed by atoms with Crippen molar-refractivity contribution in [1.29, 1.82) is 0 Å². The minimum atomic E-state index is -3.92. The summed E-state index contributed by atoms with van der Waals surface area (Å²) in [6.07, 6.45) is 5.08. The molecule has 2 rings (SSSR count). The van der Waals surface area contributed by atoms with Gasteiger partial charge in [0.2, 0.25) is 0 Å². The number of hydrogen-bond acceptors (Lipinski definition) is 3. The molecule has 0 spiro atoms. The molecule has 2 aliphatic carbocycles.